The van der Waals surface area contributed by atoms with Crippen LogP contribution in [0.3, 0.4) is 0 Å². The molecule has 1 unspecified atom stereocenters. The molecule has 24 heavy (non-hydrogen) atoms. The van der Waals surface area contributed by atoms with Gasteiger partial charge in [-0.15, -0.1) is 0 Å². The molecule has 1 fully saturated rings. The van der Waals surface area contributed by atoms with Crippen molar-refractivity contribution in [1.82, 2.24) is 15.2 Å². The largest absolute Gasteiger partial charge is 0.336 e. The topological polar surface area (TPSA) is 69.0 Å². The third-order valence-corrected chi connectivity index (χ3v) is 4.08. The SMILES string of the molecule is N#Cc1ccccc1/C=C/C(=O)N1CCNC(c2ccncc2)C1. The molecule has 5 heteroatoms. The lowest BCUT2D eigenvalue weighted by atomic mass is 10.1. The summed E-state index contributed by atoms with van der Waals surface area (Å²) in [7, 11) is 0. The number of rotatable bonds is 3. The van der Waals surface area contributed by atoms with Crippen LogP contribution in [0.25, 0.3) is 6.08 Å². The molecule has 0 bridgehead atoms. The minimum atomic E-state index is -0.0386. The molecule has 0 aliphatic carbocycles. The summed E-state index contributed by atoms with van der Waals surface area (Å²) < 4.78 is 0. The Bertz CT molecular complexity index is 779. The fourth-order valence-corrected chi connectivity index (χ4v) is 2.78. The van der Waals surface area contributed by atoms with Crippen molar-refractivity contribution in [2.45, 2.75) is 6.04 Å². The van der Waals surface area contributed by atoms with Gasteiger partial charge in [0.25, 0.3) is 0 Å². The molecule has 1 aliphatic heterocycles. The zero-order valence-corrected chi connectivity index (χ0v) is 13.2. The molecule has 5 nitrogen and oxygen atoms in total. The number of piperazine rings is 1. The third-order valence-electron chi connectivity index (χ3n) is 4.08. The highest BCUT2D eigenvalue weighted by Gasteiger charge is 2.22. The molecule has 1 aliphatic rings. The highest BCUT2D eigenvalue weighted by Crippen LogP contribution is 2.17. The van der Waals surface area contributed by atoms with Crippen LogP contribution in [0.2, 0.25) is 0 Å². The lowest BCUT2D eigenvalue weighted by molar-refractivity contribution is -0.127. The molecule has 2 heterocycles. The molecule has 1 saturated heterocycles. The highest BCUT2D eigenvalue weighted by atomic mass is 16.2. The Balaban J connectivity index is 1.69. The standard InChI is InChI=1S/C19H18N4O/c20-13-17-4-2-1-3-15(17)5-6-19(24)23-12-11-22-18(14-23)16-7-9-21-10-8-16/h1-10,18,22H,11-12,14H2/b6-5+. The molecular weight excluding hydrogens is 300 g/mol. The van der Waals surface area contributed by atoms with Crippen molar-refractivity contribution in [2.75, 3.05) is 19.6 Å². The molecule has 0 spiro atoms. The van der Waals surface area contributed by atoms with E-state index in [1.54, 1.807) is 30.6 Å². The normalized spacial score (nSPS) is 17.6. The number of hydrogen-bond acceptors (Lipinski definition) is 4. The number of carbonyl (C=O) groups excluding carboxylic acids is 1. The van der Waals surface area contributed by atoms with Gasteiger partial charge in [0.1, 0.15) is 0 Å². The van der Waals surface area contributed by atoms with E-state index < -0.39 is 0 Å². The summed E-state index contributed by atoms with van der Waals surface area (Å²) in [6, 6.07) is 13.4. The maximum atomic E-state index is 12.5. The van der Waals surface area contributed by atoms with Gasteiger partial charge in [0.05, 0.1) is 17.7 Å². The first-order chi connectivity index (χ1) is 11.8. The van der Waals surface area contributed by atoms with Crippen LogP contribution in [-0.2, 0) is 4.79 Å². The monoisotopic (exact) mass is 318 g/mol. The number of nitriles is 1. The van der Waals surface area contributed by atoms with Crippen LogP contribution in [0.15, 0.2) is 54.9 Å². The van der Waals surface area contributed by atoms with E-state index in [1.165, 1.54) is 0 Å². The van der Waals surface area contributed by atoms with Gasteiger partial charge in [-0.1, -0.05) is 18.2 Å². The quantitative estimate of drug-likeness (QED) is 0.880. The predicted octanol–water partition coefficient (Wildman–Crippen LogP) is 2.14. The van der Waals surface area contributed by atoms with E-state index in [-0.39, 0.29) is 11.9 Å². The fraction of sp³-hybridized carbons (Fsp3) is 0.211. The fourth-order valence-electron chi connectivity index (χ4n) is 2.78. The van der Waals surface area contributed by atoms with Gasteiger partial charge in [-0.2, -0.15) is 5.26 Å². The number of nitrogens with one attached hydrogen (secondary N) is 1. The van der Waals surface area contributed by atoms with Gasteiger partial charge in [0, 0.05) is 38.1 Å². The first-order valence-electron chi connectivity index (χ1n) is 7.87. The third kappa shape index (κ3) is 3.67. The van der Waals surface area contributed by atoms with Crippen LogP contribution < -0.4 is 5.32 Å². The second kappa shape index (κ2) is 7.53. The molecule has 2 aromatic rings. The average molecular weight is 318 g/mol. The van der Waals surface area contributed by atoms with Gasteiger partial charge in [0.2, 0.25) is 5.91 Å². The van der Waals surface area contributed by atoms with Gasteiger partial charge >= 0.3 is 0 Å². The summed E-state index contributed by atoms with van der Waals surface area (Å²) in [6.45, 7) is 2.04. The lowest BCUT2D eigenvalue weighted by Crippen LogP contribution is -2.47. The summed E-state index contributed by atoms with van der Waals surface area (Å²) in [5.74, 6) is -0.0386. The number of nitrogens with zero attached hydrogens (tertiary/aromatic N) is 3. The Morgan fingerprint density at radius 1 is 1.29 bits per heavy atom. The summed E-state index contributed by atoms with van der Waals surface area (Å²) in [6.07, 6.45) is 6.78. The van der Waals surface area contributed by atoms with E-state index in [9.17, 15) is 4.79 Å². The Labute approximate surface area is 141 Å². The maximum Gasteiger partial charge on any atom is 0.246 e. The zero-order chi connectivity index (χ0) is 16.8. The zero-order valence-electron chi connectivity index (χ0n) is 13.2. The van der Waals surface area contributed by atoms with Crippen molar-refractivity contribution in [3.8, 4) is 6.07 Å². The Hall–Kier alpha value is -2.97. The van der Waals surface area contributed by atoms with Crippen molar-refractivity contribution in [2.24, 2.45) is 0 Å². The first kappa shape index (κ1) is 15.9. The molecule has 1 aromatic heterocycles. The molecule has 120 valence electrons. The van der Waals surface area contributed by atoms with Gasteiger partial charge < -0.3 is 10.2 Å². The van der Waals surface area contributed by atoms with Crippen LogP contribution in [0.5, 0.6) is 0 Å². The number of hydrogen-bond donors (Lipinski definition) is 1. The average Bonchev–Trinajstić information content (AvgIpc) is 2.67. The van der Waals surface area contributed by atoms with Crippen LogP contribution in [0.1, 0.15) is 22.7 Å². The minimum Gasteiger partial charge on any atom is -0.336 e. The summed E-state index contributed by atoms with van der Waals surface area (Å²) >= 11 is 0. The molecule has 1 N–H and O–H groups in total. The number of amides is 1. The van der Waals surface area contributed by atoms with E-state index in [0.29, 0.717) is 18.7 Å². The summed E-state index contributed by atoms with van der Waals surface area (Å²) in [5.41, 5.74) is 2.45. The van der Waals surface area contributed by atoms with E-state index >= 15 is 0 Å². The smallest absolute Gasteiger partial charge is 0.246 e. The number of aromatic nitrogens is 1. The first-order valence-corrected chi connectivity index (χ1v) is 7.87. The van der Waals surface area contributed by atoms with E-state index in [4.69, 9.17) is 5.26 Å². The lowest BCUT2D eigenvalue weighted by Gasteiger charge is -2.33. The second-order valence-corrected chi connectivity index (χ2v) is 5.60. The number of pyridine rings is 1. The molecule has 1 amide bonds. The Morgan fingerprint density at radius 3 is 2.88 bits per heavy atom. The van der Waals surface area contributed by atoms with Crippen LogP contribution in [0, 0.1) is 11.3 Å². The predicted molar refractivity (Wildman–Crippen MR) is 91.8 cm³/mol. The summed E-state index contributed by atoms with van der Waals surface area (Å²) in [4.78, 5) is 18.3. The summed E-state index contributed by atoms with van der Waals surface area (Å²) in [5, 5.41) is 12.5. The van der Waals surface area contributed by atoms with Crippen LogP contribution in [-0.4, -0.2) is 35.4 Å². The molecule has 0 saturated carbocycles. The van der Waals surface area contributed by atoms with Gasteiger partial charge in [-0.05, 0) is 35.4 Å². The molecule has 3 rings (SSSR count). The van der Waals surface area contributed by atoms with Crippen LogP contribution >= 0.6 is 0 Å². The van der Waals surface area contributed by atoms with Gasteiger partial charge in [-0.3, -0.25) is 9.78 Å². The Kier molecular flexibility index (Phi) is 4.99. The van der Waals surface area contributed by atoms with Crippen molar-refractivity contribution < 1.29 is 4.79 Å². The molecule has 1 atom stereocenters. The number of benzene rings is 1. The van der Waals surface area contributed by atoms with Crippen molar-refractivity contribution in [1.29, 1.82) is 5.26 Å². The van der Waals surface area contributed by atoms with E-state index in [2.05, 4.69) is 16.4 Å². The highest BCUT2D eigenvalue weighted by molar-refractivity contribution is 5.92. The maximum absolute atomic E-state index is 12.5. The van der Waals surface area contributed by atoms with E-state index in [1.807, 2.05) is 35.2 Å². The molecule has 1 aromatic carbocycles. The van der Waals surface area contributed by atoms with Gasteiger partial charge in [0.15, 0.2) is 0 Å². The van der Waals surface area contributed by atoms with Crippen molar-refractivity contribution >= 4 is 12.0 Å². The number of carbonyl (C=O) groups is 1. The van der Waals surface area contributed by atoms with Gasteiger partial charge in [-0.25, -0.2) is 0 Å². The Morgan fingerprint density at radius 2 is 2.08 bits per heavy atom. The molecular formula is C19H18N4O. The van der Waals surface area contributed by atoms with Crippen molar-refractivity contribution in [3.63, 3.8) is 0 Å². The second-order valence-electron chi connectivity index (χ2n) is 5.60. The van der Waals surface area contributed by atoms with Crippen LogP contribution in [0.4, 0.5) is 0 Å². The van der Waals surface area contributed by atoms with Crippen molar-refractivity contribution in [3.05, 3.63) is 71.6 Å². The van der Waals surface area contributed by atoms with E-state index in [0.717, 1.165) is 17.7 Å². The minimum absolute atomic E-state index is 0.0386. The molecule has 0 radical (unpaired) electrons.